The summed E-state index contributed by atoms with van der Waals surface area (Å²) >= 11 is 0. The van der Waals surface area contributed by atoms with Crippen molar-refractivity contribution >= 4 is 22.5 Å². The third-order valence-corrected chi connectivity index (χ3v) is 2.73. The monoisotopic (exact) mass is 253 g/mol. The lowest BCUT2D eigenvalue weighted by Crippen LogP contribution is -1.95. The third-order valence-electron chi connectivity index (χ3n) is 2.73. The smallest absolute Gasteiger partial charge is 0.181 e. The first-order valence-corrected chi connectivity index (χ1v) is 5.74. The summed E-state index contributed by atoms with van der Waals surface area (Å²) in [5, 5.41) is 22.1. The maximum atomic E-state index is 9.71. The summed E-state index contributed by atoms with van der Waals surface area (Å²) < 4.78 is 0. The summed E-state index contributed by atoms with van der Waals surface area (Å²) in [6, 6.07) is 12.2. The van der Waals surface area contributed by atoms with Gasteiger partial charge in [0.25, 0.3) is 0 Å². The molecular formula is C14H11N3O2. The molecule has 0 spiro atoms. The minimum atomic E-state index is -0.211. The quantitative estimate of drug-likeness (QED) is 0.612. The van der Waals surface area contributed by atoms with Gasteiger partial charge in [0.05, 0.1) is 22.9 Å². The lowest BCUT2D eigenvalue weighted by Gasteiger charge is -2.08. The van der Waals surface area contributed by atoms with E-state index in [1.807, 2.05) is 24.3 Å². The predicted molar refractivity (Wildman–Crippen MR) is 72.6 cm³/mol. The molecule has 2 aromatic carbocycles. The van der Waals surface area contributed by atoms with Gasteiger partial charge in [-0.15, -0.1) is 0 Å². The third kappa shape index (κ3) is 2.13. The van der Waals surface area contributed by atoms with Gasteiger partial charge in [-0.25, -0.2) is 4.98 Å². The summed E-state index contributed by atoms with van der Waals surface area (Å²) in [6.07, 6.45) is 1.58. The van der Waals surface area contributed by atoms with Crippen LogP contribution in [0.15, 0.2) is 48.7 Å². The van der Waals surface area contributed by atoms with Crippen LogP contribution in [0.25, 0.3) is 11.0 Å². The van der Waals surface area contributed by atoms with Crippen molar-refractivity contribution in [1.82, 2.24) is 9.97 Å². The van der Waals surface area contributed by atoms with Crippen molar-refractivity contribution in [2.45, 2.75) is 0 Å². The second-order valence-corrected chi connectivity index (χ2v) is 4.04. The highest BCUT2D eigenvalue weighted by molar-refractivity contribution is 5.76. The fraction of sp³-hybridized carbons (Fsp3) is 0. The van der Waals surface area contributed by atoms with Crippen LogP contribution in [-0.2, 0) is 0 Å². The van der Waals surface area contributed by atoms with E-state index in [4.69, 9.17) is 0 Å². The van der Waals surface area contributed by atoms with Crippen molar-refractivity contribution in [3.05, 3.63) is 48.7 Å². The first-order chi connectivity index (χ1) is 9.24. The van der Waals surface area contributed by atoms with Gasteiger partial charge in [-0.2, -0.15) is 0 Å². The van der Waals surface area contributed by atoms with E-state index in [0.717, 1.165) is 11.0 Å². The van der Waals surface area contributed by atoms with Crippen molar-refractivity contribution in [3.8, 4) is 11.5 Å². The first-order valence-electron chi connectivity index (χ1n) is 5.74. The fourth-order valence-electron chi connectivity index (χ4n) is 1.79. The summed E-state index contributed by atoms with van der Waals surface area (Å²) in [7, 11) is 0. The zero-order chi connectivity index (χ0) is 13.2. The Morgan fingerprint density at radius 2 is 1.68 bits per heavy atom. The Labute approximate surface area is 109 Å². The number of rotatable bonds is 2. The van der Waals surface area contributed by atoms with Crippen LogP contribution < -0.4 is 5.32 Å². The van der Waals surface area contributed by atoms with E-state index >= 15 is 0 Å². The molecule has 0 atom stereocenters. The fourth-order valence-corrected chi connectivity index (χ4v) is 1.79. The number of phenolic OH excluding ortho intramolecular Hbond substituents is 2. The largest absolute Gasteiger partial charge is 0.504 e. The van der Waals surface area contributed by atoms with E-state index in [9.17, 15) is 10.2 Å². The molecule has 0 fully saturated rings. The van der Waals surface area contributed by atoms with Crippen LogP contribution in [0.3, 0.4) is 0 Å². The molecule has 5 nitrogen and oxygen atoms in total. The van der Waals surface area contributed by atoms with Crippen molar-refractivity contribution in [3.63, 3.8) is 0 Å². The molecule has 3 rings (SSSR count). The molecular weight excluding hydrogens is 242 g/mol. The zero-order valence-corrected chi connectivity index (χ0v) is 9.91. The number of aromatic nitrogens is 2. The van der Waals surface area contributed by atoms with Crippen LogP contribution in [-0.4, -0.2) is 20.2 Å². The maximum Gasteiger partial charge on any atom is 0.181 e. The molecule has 0 aliphatic rings. The molecule has 0 amide bonds. The Bertz CT molecular complexity index is 744. The number of nitrogens with zero attached hydrogens (tertiary/aromatic N) is 2. The Morgan fingerprint density at radius 3 is 2.53 bits per heavy atom. The average Bonchev–Trinajstić information content (AvgIpc) is 2.44. The van der Waals surface area contributed by atoms with E-state index < -0.39 is 0 Å². The minimum absolute atomic E-state index is 0.182. The number of aromatic hydroxyl groups is 2. The number of nitrogens with one attached hydrogen (secondary N) is 1. The van der Waals surface area contributed by atoms with Gasteiger partial charge in [-0.1, -0.05) is 18.2 Å². The standard InChI is InChI=1S/C14H11N3O2/c18-12-7-3-6-11(14(12)19)17-13-8-15-9-4-1-2-5-10(9)16-13/h1-8,18-19H,(H,16,17). The maximum absolute atomic E-state index is 9.71. The highest BCUT2D eigenvalue weighted by Gasteiger charge is 2.07. The van der Waals surface area contributed by atoms with Crippen LogP contribution in [0.5, 0.6) is 11.5 Å². The topological polar surface area (TPSA) is 78.3 Å². The van der Waals surface area contributed by atoms with Gasteiger partial charge in [-0.3, -0.25) is 4.98 Å². The highest BCUT2D eigenvalue weighted by atomic mass is 16.3. The number of anilines is 2. The van der Waals surface area contributed by atoms with E-state index in [1.54, 1.807) is 18.3 Å². The van der Waals surface area contributed by atoms with Gasteiger partial charge in [0, 0.05) is 0 Å². The van der Waals surface area contributed by atoms with Crippen molar-refractivity contribution in [2.75, 3.05) is 5.32 Å². The molecule has 0 unspecified atom stereocenters. The Kier molecular flexibility index (Phi) is 2.64. The van der Waals surface area contributed by atoms with Crippen LogP contribution in [0, 0.1) is 0 Å². The van der Waals surface area contributed by atoms with Crippen LogP contribution in [0.2, 0.25) is 0 Å². The molecule has 1 aromatic heterocycles. The van der Waals surface area contributed by atoms with E-state index in [1.165, 1.54) is 6.07 Å². The molecule has 0 radical (unpaired) electrons. The van der Waals surface area contributed by atoms with Crippen LogP contribution in [0.1, 0.15) is 0 Å². The predicted octanol–water partition coefficient (Wildman–Crippen LogP) is 2.78. The first kappa shape index (κ1) is 11.3. The number of benzene rings is 2. The number of phenols is 2. The summed E-state index contributed by atoms with van der Waals surface area (Å²) in [5.41, 5.74) is 1.94. The van der Waals surface area contributed by atoms with E-state index in [0.29, 0.717) is 11.5 Å². The van der Waals surface area contributed by atoms with Gasteiger partial charge >= 0.3 is 0 Å². The van der Waals surface area contributed by atoms with Gasteiger partial charge in [0.15, 0.2) is 11.5 Å². The van der Waals surface area contributed by atoms with Gasteiger partial charge < -0.3 is 15.5 Å². The molecule has 0 saturated carbocycles. The second kappa shape index (κ2) is 4.45. The summed E-state index contributed by atoms with van der Waals surface area (Å²) in [5.74, 6) is 0.107. The summed E-state index contributed by atoms with van der Waals surface area (Å²) in [4.78, 5) is 8.64. The van der Waals surface area contributed by atoms with Crippen molar-refractivity contribution in [2.24, 2.45) is 0 Å². The summed E-state index contributed by atoms with van der Waals surface area (Å²) in [6.45, 7) is 0. The number of hydrogen-bond acceptors (Lipinski definition) is 5. The van der Waals surface area contributed by atoms with Crippen LogP contribution >= 0.6 is 0 Å². The van der Waals surface area contributed by atoms with Crippen molar-refractivity contribution < 1.29 is 10.2 Å². The lowest BCUT2D eigenvalue weighted by molar-refractivity contribution is 0.405. The number of para-hydroxylation sites is 3. The molecule has 0 aliphatic carbocycles. The highest BCUT2D eigenvalue weighted by Crippen LogP contribution is 2.34. The molecule has 3 N–H and O–H groups in total. The molecule has 0 aliphatic heterocycles. The molecule has 1 heterocycles. The normalized spacial score (nSPS) is 10.5. The molecule has 19 heavy (non-hydrogen) atoms. The molecule has 0 saturated heterocycles. The Balaban J connectivity index is 1.99. The van der Waals surface area contributed by atoms with Gasteiger partial charge in [0.1, 0.15) is 5.82 Å². The van der Waals surface area contributed by atoms with E-state index in [-0.39, 0.29) is 11.5 Å². The Morgan fingerprint density at radius 1 is 0.895 bits per heavy atom. The number of fused-ring (bicyclic) bond motifs is 1. The average molecular weight is 253 g/mol. The van der Waals surface area contributed by atoms with E-state index in [2.05, 4.69) is 15.3 Å². The zero-order valence-electron chi connectivity index (χ0n) is 9.91. The minimum Gasteiger partial charge on any atom is -0.504 e. The molecule has 0 bridgehead atoms. The molecule has 3 aromatic rings. The lowest BCUT2D eigenvalue weighted by atomic mass is 10.2. The Hall–Kier alpha value is -2.82. The second-order valence-electron chi connectivity index (χ2n) is 4.04. The number of hydrogen-bond donors (Lipinski definition) is 3. The van der Waals surface area contributed by atoms with Crippen LogP contribution in [0.4, 0.5) is 11.5 Å². The van der Waals surface area contributed by atoms with Gasteiger partial charge in [0.2, 0.25) is 0 Å². The van der Waals surface area contributed by atoms with Gasteiger partial charge in [-0.05, 0) is 24.3 Å². The molecule has 5 heteroatoms. The SMILES string of the molecule is Oc1cccc(Nc2cnc3ccccc3n2)c1O. The molecule has 94 valence electrons. The van der Waals surface area contributed by atoms with Crippen molar-refractivity contribution in [1.29, 1.82) is 0 Å².